The van der Waals surface area contributed by atoms with Gasteiger partial charge in [-0.3, -0.25) is 14.9 Å². The number of nitro groups is 1. The van der Waals surface area contributed by atoms with Crippen molar-refractivity contribution < 1.29 is 9.72 Å². The van der Waals surface area contributed by atoms with Crippen molar-refractivity contribution in [2.24, 2.45) is 0 Å². The van der Waals surface area contributed by atoms with Gasteiger partial charge in [0.05, 0.1) is 10.7 Å². The molecular formula is C19H20N6O3S. The number of anilines is 1. The monoisotopic (exact) mass is 412 g/mol. The number of benzene rings is 2. The van der Waals surface area contributed by atoms with Gasteiger partial charge in [-0.25, -0.2) is 4.68 Å². The van der Waals surface area contributed by atoms with Gasteiger partial charge in [0.2, 0.25) is 11.1 Å². The van der Waals surface area contributed by atoms with Gasteiger partial charge in [0.25, 0.3) is 5.69 Å². The highest BCUT2D eigenvalue weighted by molar-refractivity contribution is 7.99. The number of thioether (sulfide) groups is 1. The minimum atomic E-state index is -0.514. The zero-order chi connectivity index (χ0) is 21.1. The maximum Gasteiger partial charge on any atom is 0.293 e. The number of aromatic nitrogens is 3. The largest absolute Gasteiger partial charge is 0.335 e. The lowest BCUT2D eigenvalue weighted by atomic mass is 10.1. The summed E-state index contributed by atoms with van der Waals surface area (Å²) < 4.78 is 1.32. The van der Waals surface area contributed by atoms with Crippen LogP contribution in [0, 0.1) is 30.9 Å². The molecule has 3 aromatic rings. The summed E-state index contributed by atoms with van der Waals surface area (Å²) in [5.74, 6) is 6.12. The van der Waals surface area contributed by atoms with E-state index in [1.807, 2.05) is 38.1 Å². The van der Waals surface area contributed by atoms with E-state index in [0.29, 0.717) is 11.0 Å². The zero-order valence-corrected chi connectivity index (χ0v) is 17.0. The lowest BCUT2D eigenvalue weighted by molar-refractivity contribution is -0.384. The van der Waals surface area contributed by atoms with Gasteiger partial charge >= 0.3 is 0 Å². The molecular weight excluding hydrogens is 392 g/mol. The standard InChI is InChI=1S/C19H20N6O3S/c1-11-4-6-14(7-5-11)18-22-23-19(24(18)20)29-10-17(26)21-15-8-12(2)13(3)9-16(15)25(27)28/h4-9H,10,20H2,1-3H3,(H,21,26). The van der Waals surface area contributed by atoms with Crippen LogP contribution in [-0.4, -0.2) is 31.5 Å². The number of hydrogen-bond acceptors (Lipinski definition) is 7. The number of aryl methyl sites for hydroxylation is 3. The predicted molar refractivity (Wildman–Crippen MR) is 112 cm³/mol. The fraction of sp³-hybridized carbons (Fsp3) is 0.211. The van der Waals surface area contributed by atoms with E-state index in [-0.39, 0.29) is 17.1 Å². The summed E-state index contributed by atoms with van der Waals surface area (Å²) >= 11 is 1.10. The number of nitrogens with two attached hydrogens (primary N) is 1. The number of nitrogens with one attached hydrogen (secondary N) is 1. The highest BCUT2D eigenvalue weighted by Gasteiger charge is 2.19. The Balaban J connectivity index is 1.70. The fourth-order valence-electron chi connectivity index (χ4n) is 2.64. The highest BCUT2D eigenvalue weighted by Crippen LogP contribution is 2.28. The third-order valence-electron chi connectivity index (χ3n) is 4.39. The van der Waals surface area contributed by atoms with Gasteiger partial charge in [-0.2, -0.15) is 0 Å². The second-order valence-corrected chi connectivity index (χ2v) is 7.53. The Bertz CT molecular complexity index is 1080. The average molecular weight is 412 g/mol. The van der Waals surface area contributed by atoms with Crippen LogP contribution in [0.1, 0.15) is 16.7 Å². The van der Waals surface area contributed by atoms with E-state index in [2.05, 4.69) is 15.5 Å². The molecule has 0 saturated carbocycles. The van der Waals surface area contributed by atoms with Crippen molar-refractivity contribution in [3.05, 3.63) is 63.2 Å². The van der Waals surface area contributed by atoms with Crippen LogP contribution in [0.5, 0.6) is 0 Å². The third kappa shape index (κ3) is 4.54. The molecule has 2 aromatic carbocycles. The third-order valence-corrected chi connectivity index (χ3v) is 5.33. The number of nitrogen functional groups attached to an aromatic ring is 1. The summed E-state index contributed by atoms with van der Waals surface area (Å²) in [5, 5.41) is 22.3. The van der Waals surface area contributed by atoms with Gasteiger partial charge in [-0.15, -0.1) is 10.2 Å². The molecule has 0 radical (unpaired) electrons. The second kappa shape index (κ2) is 8.31. The van der Waals surface area contributed by atoms with Gasteiger partial charge in [0, 0.05) is 11.6 Å². The maximum absolute atomic E-state index is 12.3. The van der Waals surface area contributed by atoms with Crippen LogP contribution >= 0.6 is 11.8 Å². The van der Waals surface area contributed by atoms with Crippen LogP contribution < -0.4 is 11.2 Å². The molecule has 3 N–H and O–H groups in total. The Labute approximate surface area is 171 Å². The van der Waals surface area contributed by atoms with Crippen molar-refractivity contribution in [1.29, 1.82) is 0 Å². The van der Waals surface area contributed by atoms with E-state index >= 15 is 0 Å². The molecule has 0 spiro atoms. The van der Waals surface area contributed by atoms with E-state index in [1.54, 1.807) is 13.0 Å². The molecule has 0 aliphatic heterocycles. The summed E-state index contributed by atoms with van der Waals surface area (Å²) in [5.41, 5.74) is 3.58. The molecule has 150 valence electrons. The normalized spacial score (nSPS) is 10.7. The number of carbonyl (C=O) groups excluding carboxylic acids is 1. The van der Waals surface area contributed by atoms with E-state index in [9.17, 15) is 14.9 Å². The van der Waals surface area contributed by atoms with Crippen molar-refractivity contribution >= 4 is 29.0 Å². The van der Waals surface area contributed by atoms with Crippen molar-refractivity contribution in [2.75, 3.05) is 16.9 Å². The number of nitro benzene ring substituents is 1. The molecule has 3 rings (SSSR count). The minimum absolute atomic E-state index is 0.0205. The fourth-order valence-corrected chi connectivity index (χ4v) is 3.30. The number of hydrogen-bond donors (Lipinski definition) is 2. The molecule has 1 amide bonds. The lowest BCUT2D eigenvalue weighted by Crippen LogP contribution is -2.17. The number of carbonyl (C=O) groups is 1. The predicted octanol–water partition coefficient (Wildman–Crippen LogP) is 3.22. The molecule has 1 heterocycles. The smallest absolute Gasteiger partial charge is 0.293 e. The molecule has 0 bridgehead atoms. The molecule has 10 heteroatoms. The van der Waals surface area contributed by atoms with Crippen molar-refractivity contribution in [2.45, 2.75) is 25.9 Å². The Morgan fingerprint density at radius 3 is 2.48 bits per heavy atom. The number of nitrogens with zero attached hydrogens (tertiary/aromatic N) is 4. The van der Waals surface area contributed by atoms with E-state index in [1.165, 1.54) is 10.7 Å². The van der Waals surface area contributed by atoms with E-state index in [0.717, 1.165) is 34.0 Å². The summed E-state index contributed by atoms with van der Waals surface area (Å²) in [6.45, 7) is 5.59. The van der Waals surface area contributed by atoms with Gasteiger partial charge in [0.15, 0.2) is 5.82 Å². The van der Waals surface area contributed by atoms with Crippen LogP contribution in [0.4, 0.5) is 11.4 Å². The van der Waals surface area contributed by atoms with Gasteiger partial charge < -0.3 is 11.2 Å². The zero-order valence-electron chi connectivity index (χ0n) is 16.2. The quantitative estimate of drug-likeness (QED) is 0.275. The summed E-state index contributed by atoms with van der Waals surface area (Å²) in [4.78, 5) is 23.1. The van der Waals surface area contributed by atoms with Gasteiger partial charge in [-0.1, -0.05) is 41.6 Å². The minimum Gasteiger partial charge on any atom is -0.335 e. The molecule has 0 aliphatic rings. The topological polar surface area (TPSA) is 129 Å². The van der Waals surface area contributed by atoms with Crippen LogP contribution in [0.2, 0.25) is 0 Å². The van der Waals surface area contributed by atoms with E-state index < -0.39 is 10.8 Å². The SMILES string of the molecule is Cc1ccc(-c2nnc(SCC(=O)Nc3cc(C)c(C)cc3[N+](=O)[O-])n2N)cc1. The van der Waals surface area contributed by atoms with Crippen LogP contribution in [-0.2, 0) is 4.79 Å². The molecule has 0 saturated heterocycles. The van der Waals surface area contributed by atoms with E-state index in [4.69, 9.17) is 5.84 Å². The average Bonchev–Trinajstić information content (AvgIpc) is 3.04. The lowest BCUT2D eigenvalue weighted by Gasteiger charge is -2.09. The van der Waals surface area contributed by atoms with Crippen molar-refractivity contribution in [3.63, 3.8) is 0 Å². The highest BCUT2D eigenvalue weighted by atomic mass is 32.2. The summed E-state index contributed by atoms with van der Waals surface area (Å²) in [7, 11) is 0. The Morgan fingerprint density at radius 1 is 1.17 bits per heavy atom. The first-order chi connectivity index (χ1) is 13.8. The van der Waals surface area contributed by atoms with Crippen LogP contribution in [0.15, 0.2) is 41.6 Å². The molecule has 29 heavy (non-hydrogen) atoms. The summed E-state index contributed by atoms with van der Waals surface area (Å²) in [6, 6.07) is 10.7. The van der Waals surface area contributed by atoms with Crippen LogP contribution in [0.3, 0.4) is 0 Å². The molecule has 0 unspecified atom stereocenters. The van der Waals surface area contributed by atoms with Crippen LogP contribution in [0.25, 0.3) is 11.4 Å². The Hall–Kier alpha value is -3.40. The van der Waals surface area contributed by atoms with Gasteiger partial charge in [0.1, 0.15) is 5.69 Å². The molecule has 0 atom stereocenters. The molecule has 0 aliphatic carbocycles. The van der Waals surface area contributed by atoms with Crippen molar-refractivity contribution in [1.82, 2.24) is 14.9 Å². The molecule has 0 fully saturated rings. The number of amides is 1. The van der Waals surface area contributed by atoms with Gasteiger partial charge in [-0.05, 0) is 38.0 Å². The summed E-state index contributed by atoms with van der Waals surface area (Å²) in [6.07, 6.45) is 0. The molecule has 9 nitrogen and oxygen atoms in total. The first kappa shape index (κ1) is 20.3. The second-order valence-electron chi connectivity index (χ2n) is 6.59. The maximum atomic E-state index is 12.3. The Kier molecular flexibility index (Phi) is 5.83. The molecule has 1 aromatic heterocycles. The number of rotatable bonds is 6. The first-order valence-electron chi connectivity index (χ1n) is 8.72. The first-order valence-corrected chi connectivity index (χ1v) is 9.70. The Morgan fingerprint density at radius 2 is 1.83 bits per heavy atom. The van der Waals surface area contributed by atoms with Crippen molar-refractivity contribution in [3.8, 4) is 11.4 Å².